The van der Waals surface area contributed by atoms with Gasteiger partial charge in [-0.2, -0.15) is 0 Å². The first-order valence-electron chi connectivity index (χ1n) is 5.94. The minimum absolute atomic E-state index is 0.297. The van der Waals surface area contributed by atoms with Crippen molar-refractivity contribution in [1.29, 1.82) is 0 Å². The number of benzene rings is 2. The third kappa shape index (κ3) is 1.87. The SMILES string of the molecule is OC1CC(c2ccccc2F)Oc2ccccc21. The number of para-hydroxylation sites is 1. The highest BCUT2D eigenvalue weighted by atomic mass is 19.1. The summed E-state index contributed by atoms with van der Waals surface area (Å²) in [5.41, 5.74) is 1.26. The number of fused-ring (bicyclic) bond motifs is 1. The summed E-state index contributed by atoms with van der Waals surface area (Å²) in [7, 11) is 0. The van der Waals surface area contributed by atoms with Crippen molar-refractivity contribution in [3.05, 3.63) is 65.5 Å². The quantitative estimate of drug-likeness (QED) is 0.833. The third-order valence-electron chi connectivity index (χ3n) is 3.24. The van der Waals surface area contributed by atoms with Gasteiger partial charge in [-0.1, -0.05) is 36.4 Å². The molecule has 1 heterocycles. The minimum atomic E-state index is -0.612. The van der Waals surface area contributed by atoms with Crippen molar-refractivity contribution in [1.82, 2.24) is 0 Å². The molecule has 2 aromatic rings. The fourth-order valence-electron chi connectivity index (χ4n) is 2.32. The molecule has 2 aromatic carbocycles. The van der Waals surface area contributed by atoms with Gasteiger partial charge in [-0.25, -0.2) is 4.39 Å². The molecule has 0 amide bonds. The maximum atomic E-state index is 13.7. The van der Waals surface area contributed by atoms with Gasteiger partial charge < -0.3 is 9.84 Å². The Morgan fingerprint density at radius 2 is 1.67 bits per heavy atom. The summed E-state index contributed by atoms with van der Waals surface area (Å²) in [4.78, 5) is 0. The van der Waals surface area contributed by atoms with Crippen LogP contribution >= 0.6 is 0 Å². The average molecular weight is 244 g/mol. The molecule has 92 valence electrons. The van der Waals surface area contributed by atoms with E-state index in [0.717, 1.165) is 5.56 Å². The Bertz CT molecular complexity index is 568. The van der Waals surface area contributed by atoms with E-state index in [9.17, 15) is 9.50 Å². The van der Waals surface area contributed by atoms with E-state index in [0.29, 0.717) is 17.7 Å². The van der Waals surface area contributed by atoms with Gasteiger partial charge >= 0.3 is 0 Å². The molecule has 1 N–H and O–H groups in total. The second-order valence-electron chi connectivity index (χ2n) is 4.42. The normalized spacial score (nSPS) is 22.1. The topological polar surface area (TPSA) is 29.5 Å². The third-order valence-corrected chi connectivity index (χ3v) is 3.24. The van der Waals surface area contributed by atoms with Gasteiger partial charge in [0.1, 0.15) is 17.7 Å². The molecule has 2 nitrogen and oxygen atoms in total. The van der Waals surface area contributed by atoms with Crippen molar-refractivity contribution < 1.29 is 14.2 Å². The van der Waals surface area contributed by atoms with E-state index in [2.05, 4.69) is 0 Å². The molecule has 1 aliphatic heterocycles. The van der Waals surface area contributed by atoms with Crippen LogP contribution in [0.15, 0.2) is 48.5 Å². The van der Waals surface area contributed by atoms with Gasteiger partial charge in [0, 0.05) is 17.5 Å². The van der Waals surface area contributed by atoms with Gasteiger partial charge in [0.2, 0.25) is 0 Å². The first-order valence-corrected chi connectivity index (χ1v) is 5.94. The first-order chi connectivity index (χ1) is 8.75. The Morgan fingerprint density at radius 3 is 2.44 bits per heavy atom. The summed E-state index contributed by atoms with van der Waals surface area (Å²) in [5.74, 6) is 0.332. The maximum Gasteiger partial charge on any atom is 0.130 e. The second kappa shape index (κ2) is 4.42. The molecule has 0 bridgehead atoms. The number of aliphatic hydroxyl groups is 1. The summed E-state index contributed by atoms with van der Waals surface area (Å²) in [6.07, 6.45) is -0.673. The van der Waals surface area contributed by atoms with Crippen molar-refractivity contribution in [2.45, 2.75) is 18.6 Å². The zero-order valence-corrected chi connectivity index (χ0v) is 9.71. The highest BCUT2D eigenvalue weighted by molar-refractivity contribution is 5.38. The van der Waals surface area contributed by atoms with Crippen LogP contribution in [0.1, 0.15) is 29.8 Å². The molecule has 0 spiro atoms. The lowest BCUT2D eigenvalue weighted by molar-refractivity contribution is 0.0640. The average Bonchev–Trinajstić information content (AvgIpc) is 2.39. The van der Waals surface area contributed by atoms with Gasteiger partial charge in [-0.15, -0.1) is 0 Å². The van der Waals surface area contributed by atoms with Crippen LogP contribution in [-0.2, 0) is 0 Å². The van der Waals surface area contributed by atoms with E-state index in [4.69, 9.17) is 4.74 Å². The van der Waals surface area contributed by atoms with Gasteiger partial charge in [-0.05, 0) is 12.1 Å². The fraction of sp³-hybridized carbons (Fsp3) is 0.200. The molecule has 2 atom stereocenters. The molecule has 3 rings (SSSR count). The molecule has 0 aromatic heterocycles. The van der Waals surface area contributed by atoms with E-state index in [-0.39, 0.29) is 5.82 Å². The highest BCUT2D eigenvalue weighted by Gasteiger charge is 2.29. The lowest BCUT2D eigenvalue weighted by atomic mass is 9.95. The summed E-state index contributed by atoms with van der Waals surface area (Å²) in [6, 6.07) is 13.8. The first kappa shape index (κ1) is 11.2. The van der Waals surface area contributed by atoms with E-state index < -0.39 is 12.2 Å². The molecule has 0 radical (unpaired) electrons. The van der Waals surface area contributed by atoms with Crippen LogP contribution in [0.4, 0.5) is 4.39 Å². The molecule has 0 saturated heterocycles. The zero-order chi connectivity index (χ0) is 12.5. The number of halogens is 1. The molecule has 2 unspecified atom stereocenters. The van der Waals surface area contributed by atoms with Crippen molar-refractivity contribution in [2.24, 2.45) is 0 Å². The molecule has 3 heteroatoms. The molecule has 1 aliphatic rings. The molecule has 0 aliphatic carbocycles. The summed E-state index contributed by atoms with van der Waals surface area (Å²) < 4.78 is 19.5. The van der Waals surface area contributed by atoms with Gasteiger partial charge in [0.15, 0.2) is 0 Å². The molecule has 0 saturated carbocycles. The predicted molar refractivity (Wildman–Crippen MR) is 65.8 cm³/mol. The van der Waals surface area contributed by atoms with Crippen molar-refractivity contribution >= 4 is 0 Å². The van der Waals surface area contributed by atoms with E-state index in [1.807, 2.05) is 18.2 Å². The van der Waals surface area contributed by atoms with E-state index in [1.54, 1.807) is 24.3 Å². The standard InChI is InChI=1S/C15H13FO2/c16-12-7-3-1-5-10(12)15-9-13(17)11-6-2-4-8-14(11)18-15/h1-8,13,15,17H,9H2. The summed E-state index contributed by atoms with van der Waals surface area (Å²) in [6.45, 7) is 0. The lowest BCUT2D eigenvalue weighted by Crippen LogP contribution is -2.19. The predicted octanol–water partition coefficient (Wildman–Crippen LogP) is 3.38. The Hall–Kier alpha value is -1.87. The molecular formula is C15H13FO2. The van der Waals surface area contributed by atoms with E-state index in [1.165, 1.54) is 6.07 Å². The van der Waals surface area contributed by atoms with Crippen LogP contribution in [-0.4, -0.2) is 5.11 Å². The maximum absolute atomic E-state index is 13.7. The minimum Gasteiger partial charge on any atom is -0.485 e. The molecule has 0 fully saturated rings. The number of hydrogen-bond donors (Lipinski definition) is 1. The van der Waals surface area contributed by atoms with Crippen LogP contribution < -0.4 is 4.74 Å². The van der Waals surface area contributed by atoms with Crippen LogP contribution in [0.2, 0.25) is 0 Å². The lowest BCUT2D eigenvalue weighted by Gasteiger charge is -2.29. The van der Waals surface area contributed by atoms with Crippen molar-refractivity contribution in [3.8, 4) is 5.75 Å². The van der Waals surface area contributed by atoms with Crippen LogP contribution in [0.3, 0.4) is 0 Å². The van der Waals surface area contributed by atoms with Crippen LogP contribution in [0.25, 0.3) is 0 Å². The number of hydrogen-bond acceptors (Lipinski definition) is 2. The van der Waals surface area contributed by atoms with Gasteiger partial charge in [-0.3, -0.25) is 0 Å². The summed E-state index contributed by atoms with van der Waals surface area (Å²) >= 11 is 0. The Morgan fingerprint density at radius 1 is 1.00 bits per heavy atom. The second-order valence-corrected chi connectivity index (χ2v) is 4.42. The molecular weight excluding hydrogens is 231 g/mol. The summed E-state index contributed by atoms with van der Waals surface area (Å²) in [5, 5.41) is 10.1. The number of aliphatic hydroxyl groups excluding tert-OH is 1. The molecule has 18 heavy (non-hydrogen) atoms. The monoisotopic (exact) mass is 244 g/mol. The zero-order valence-electron chi connectivity index (χ0n) is 9.71. The smallest absolute Gasteiger partial charge is 0.130 e. The van der Waals surface area contributed by atoms with E-state index >= 15 is 0 Å². The Balaban J connectivity index is 1.97. The largest absolute Gasteiger partial charge is 0.485 e. The van der Waals surface area contributed by atoms with Gasteiger partial charge in [0.05, 0.1) is 6.10 Å². The fourth-order valence-corrected chi connectivity index (χ4v) is 2.32. The number of rotatable bonds is 1. The number of ether oxygens (including phenoxy) is 1. The van der Waals surface area contributed by atoms with Crippen molar-refractivity contribution in [2.75, 3.05) is 0 Å². The highest BCUT2D eigenvalue weighted by Crippen LogP contribution is 2.40. The Kier molecular flexibility index (Phi) is 2.76. The van der Waals surface area contributed by atoms with Crippen LogP contribution in [0, 0.1) is 5.82 Å². The Labute approximate surface area is 105 Å². The van der Waals surface area contributed by atoms with Crippen molar-refractivity contribution in [3.63, 3.8) is 0 Å². The van der Waals surface area contributed by atoms with Crippen LogP contribution in [0.5, 0.6) is 5.75 Å². The van der Waals surface area contributed by atoms with Gasteiger partial charge in [0.25, 0.3) is 0 Å².